The van der Waals surface area contributed by atoms with Crippen molar-refractivity contribution in [3.63, 3.8) is 0 Å². The van der Waals surface area contributed by atoms with Crippen molar-refractivity contribution in [2.75, 3.05) is 30.9 Å². The van der Waals surface area contributed by atoms with Crippen molar-refractivity contribution >= 4 is 11.9 Å². The van der Waals surface area contributed by atoms with E-state index in [2.05, 4.69) is 20.3 Å². The number of aromatic nitrogens is 3. The number of halogens is 2. The highest BCUT2D eigenvalue weighted by Gasteiger charge is 2.11. The molecule has 1 N–H and O–H groups in total. The lowest BCUT2D eigenvalue weighted by atomic mass is 10.2. The molecule has 1 aromatic carbocycles. The Bertz CT molecular complexity index is 611. The van der Waals surface area contributed by atoms with Gasteiger partial charge in [0.05, 0.1) is 0 Å². The number of anilines is 2. The molecule has 0 aliphatic carbocycles. The molecular weight excluding hydrogens is 276 g/mol. The Morgan fingerprint density at radius 3 is 2.29 bits per heavy atom. The van der Waals surface area contributed by atoms with Gasteiger partial charge in [-0.3, -0.25) is 0 Å². The first-order valence-electron chi connectivity index (χ1n) is 6.63. The summed E-state index contributed by atoms with van der Waals surface area (Å²) in [6.45, 7) is 2.72. The number of hydrogen-bond donors (Lipinski definition) is 1. The van der Waals surface area contributed by atoms with E-state index in [9.17, 15) is 8.78 Å². The lowest BCUT2D eigenvalue weighted by molar-refractivity contribution is 0.584. The lowest BCUT2D eigenvalue weighted by Crippen LogP contribution is -2.16. The molecule has 2 aromatic rings. The number of nitrogens with one attached hydrogen (secondary N) is 1. The molecular formula is C14H17F2N5. The molecule has 0 amide bonds. The Hall–Kier alpha value is -2.31. The highest BCUT2D eigenvalue weighted by molar-refractivity contribution is 5.58. The van der Waals surface area contributed by atoms with Crippen LogP contribution in [0.25, 0.3) is 11.4 Å². The average molecular weight is 293 g/mol. The Kier molecular flexibility index (Phi) is 4.62. The Morgan fingerprint density at radius 1 is 1.05 bits per heavy atom. The average Bonchev–Trinajstić information content (AvgIpc) is 2.43. The van der Waals surface area contributed by atoms with Crippen LogP contribution in [0, 0.1) is 11.6 Å². The van der Waals surface area contributed by atoms with Crippen LogP contribution in [0.2, 0.25) is 0 Å². The summed E-state index contributed by atoms with van der Waals surface area (Å²) in [6, 6.07) is 3.21. The zero-order valence-corrected chi connectivity index (χ0v) is 12.2. The van der Waals surface area contributed by atoms with Gasteiger partial charge in [0.2, 0.25) is 11.9 Å². The van der Waals surface area contributed by atoms with Gasteiger partial charge in [-0.15, -0.1) is 0 Å². The lowest BCUT2D eigenvalue weighted by Gasteiger charge is -2.13. The highest BCUT2D eigenvalue weighted by Crippen LogP contribution is 2.21. The third kappa shape index (κ3) is 3.84. The van der Waals surface area contributed by atoms with E-state index in [0.717, 1.165) is 12.5 Å². The molecule has 1 aromatic heterocycles. The fourth-order valence-electron chi connectivity index (χ4n) is 1.69. The van der Waals surface area contributed by atoms with Crippen molar-refractivity contribution in [3.05, 3.63) is 29.8 Å². The predicted octanol–water partition coefficient (Wildman–Crippen LogP) is 2.70. The molecule has 0 saturated carbocycles. The summed E-state index contributed by atoms with van der Waals surface area (Å²) < 4.78 is 26.7. The van der Waals surface area contributed by atoms with E-state index in [0.29, 0.717) is 18.4 Å². The number of rotatable bonds is 5. The fourth-order valence-corrected chi connectivity index (χ4v) is 1.69. The molecule has 5 nitrogen and oxygen atoms in total. The van der Waals surface area contributed by atoms with Gasteiger partial charge < -0.3 is 10.2 Å². The minimum atomic E-state index is -0.667. The van der Waals surface area contributed by atoms with Gasteiger partial charge in [0, 0.05) is 32.3 Å². The molecule has 0 aliphatic heterocycles. The molecule has 21 heavy (non-hydrogen) atoms. The smallest absolute Gasteiger partial charge is 0.230 e. The summed E-state index contributed by atoms with van der Waals surface area (Å²) in [5, 5.41) is 3.05. The molecule has 0 fully saturated rings. The molecule has 0 radical (unpaired) electrons. The normalized spacial score (nSPS) is 10.5. The van der Waals surface area contributed by atoms with Gasteiger partial charge >= 0.3 is 0 Å². The second kappa shape index (κ2) is 6.43. The summed E-state index contributed by atoms with van der Waals surface area (Å²) in [6.07, 6.45) is 0.910. The molecule has 2 rings (SSSR count). The summed E-state index contributed by atoms with van der Waals surface area (Å²) in [5.74, 6) is -0.302. The second-order valence-corrected chi connectivity index (χ2v) is 4.76. The monoisotopic (exact) mass is 293 g/mol. The van der Waals surface area contributed by atoms with Crippen LogP contribution >= 0.6 is 0 Å². The summed E-state index contributed by atoms with van der Waals surface area (Å²) in [5.41, 5.74) is 0.276. The molecule has 0 aliphatic rings. The van der Waals surface area contributed by atoms with Crippen molar-refractivity contribution < 1.29 is 8.78 Å². The fraction of sp³-hybridized carbons (Fsp3) is 0.357. The molecule has 0 atom stereocenters. The van der Waals surface area contributed by atoms with Crippen LogP contribution in [-0.2, 0) is 0 Å². The topological polar surface area (TPSA) is 53.9 Å². The van der Waals surface area contributed by atoms with Gasteiger partial charge in [0.15, 0.2) is 5.82 Å². The molecule has 0 saturated heterocycles. The van der Waals surface area contributed by atoms with Crippen molar-refractivity contribution in [3.8, 4) is 11.4 Å². The van der Waals surface area contributed by atoms with Gasteiger partial charge in [0.1, 0.15) is 11.6 Å². The first kappa shape index (κ1) is 15.1. The predicted molar refractivity (Wildman–Crippen MR) is 78.3 cm³/mol. The van der Waals surface area contributed by atoms with Crippen LogP contribution in [0.3, 0.4) is 0 Å². The van der Waals surface area contributed by atoms with Gasteiger partial charge in [-0.1, -0.05) is 6.92 Å². The van der Waals surface area contributed by atoms with Crippen LogP contribution < -0.4 is 10.2 Å². The second-order valence-electron chi connectivity index (χ2n) is 4.76. The van der Waals surface area contributed by atoms with Crippen molar-refractivity contribution in [2.45, 2.75) is 13.3 Å². The maximum absolute atomic E-state index is 13.3. The molecule has 7 heteroatoms. The molecule has 112 valence electrons. The number of hydrogen-bond acceptors (Lipinski definition) is 5. The van der Waals surface area contributed by atoms with Crippen molar-refractivity contribution in [2.24, 2.45) is 0 Å². The Balaban J connectivity index is 2.48. The summed E-state index contributed by atoms with van der Waals surface area (Å²) in [4.78, 5) is 14.4. The van der Waals surface area contributed by atoms with E-state index < -0.39 is 11.6 Å². The first-order chi connectivity index (χ1) is 9.99. The standard InChI is InChI=1S/C14H17F2N5/c1-4-5-17-13-18-12(19-14(20-13)21(2)3)9-6-10(15)8-11(16)7-9/h6-8H,4-5H2,1-3H3,(H,17,18,19,20). The van der Waals surface area contributed by atoms with Gasteiger partial charge in [-0.05, 0) is 18.6 Å². The third-order valence-electron chi connectivity index (χ3n) is 2.68. The van der Waals surface area contributed by atoms with Crippen molar-refractivity contribution in [1.29, 1.82) is 0 Å². The maximum Gasteiger partial charge on any atom is 0.230 e. The van der Waals surface area contributed by atoms with E-state index in [1.807, 2.05) is 6.92 Å². The molecule has 1 heterocycles. The van der Waals surface area contributed by atoms with Crippen molar-refractivity contribution in [1.82, 2.24) is 15.0 Å². The van der Waals surface area contributed by atoms with E-state index in [1.54, 1.807) is 19.0 Å². The van der Waals surface area contributed by atoms with Gasteiger partial charge in [-0.2, -0.15) is 15.0 Å². The molecule has 0 unspecified atom stereocenters. The summed E-state index contributed by atoms with van der Waals surface area (Å²) in [7, 11) is 3.57. The van der Waals surface area contributed by atoms with E-state index >= 15 is 0 Å². The third-order valence-corrected chi connectivity index (χ3v) is 2.68. The van der Waals surface area contributed by atoms with Gasteiger partial charge in [-0.25, -0.2) is 8.78 Å². The minimum Gasteiger partial charge on any atom is -0.354 e. The van der Waals surface area contributed by atoms with Crippen LogP contribution in [0.5, 0.6) is 0 Å². The number of benzene rings is 1. The Labute approximate surface area is 122 Å². The Morgan fingerprint density at radius 2 is 1.71 bits per heavy atom. The molecule has 0 spiro atoms. The SMILES string of the molecule is CCCNc1nc(-c2cc(F)cc(F)c2)nc(N(C)C)n1. The van der Waals surface area contributed by atoms with Gasteiger partial charge in [0.25, 0.3) is 0 Å². The summed E-state index contributed by atoms with van der Waals surface area (Å²) >= 11 is 0. The zero-order valence-electron chi connectivity index (χ0n) is 12.2. The number of nitrogens with zero attached hydrogens (tertiary/aromatic N) is 4. The van der Waals surface area contributed by atoms with Crippen LogP contribution in [0.1, 0.15) is 13.3 Å². The van der Waals surface area contributed by atoms with E-state index in [-0.39, 0.29) is 11.4 Å². The van der Waals surface area contributed by atoms with E-state index in [1.165, 1.54) is 12.1 Å². The first-order valence-corrected chi connectivity index (χ1v) is 6.63. The highest BCUT2D eigenvalue weighted by atomic mass is 19.1. The van der Waals surface area contributed by atoms with Crippen LogP contribution in [-0.4, -0.2) is 35.6 Å². The minimum absolute atomic E-state index is 0.228. The van der Waals surface area contributed by atoms with Crippen LogP contribution in [0.4, 0.5) is 20.7 Å². The van der Waals surface area contributed by atoms with Crippen LogP contribution in [0.15, 0.2) is 18.2 Å². The molecule has 0 bridgehead atoms. The zero-order chi connectivity index (χ0) is 15.4. The largest absolute Gasteiger partial charge is 0.354 e. The maximum atomic E-state index is 13.3. The van der Waals surface area contributed by atoms with E-state index in [4.69, 9.17) is 0 Å². The quantitative estimate of drug-likeness (QED) is 0.918.